The van der Waals surface area contributed by atoms with Crippen LogP contribution in [0.25, 0.3) is 0 Å². The van der Waals surface area contributed by atoms with Crippen LogP contribution in [0.1, 0.15) is 27.5 Å². The number of carbonyl (C=O) groups excluding carboxylic acids is 1. The number of morpholine rings is 1. The molecule has 1 amide bonds. The topological polar surface area (TPSA) is 50.8 Å². The number of nitrogens with one attached hydrogen (secondary N) is 1. The molecule has 2 aromatic rings. The highest BCUT2D eigenvalue weighted by atomic mass is 19.1. The lowest BCUT2D eigenvalue weighted by Crippen LogP contribution is -2.43. The Morgan fingerprint density at radius 3 is 2.59 bits per heavy atom. The van der Waals surface area contributed by atoms with E-state index in [1.807, 2.05) is 13.0 Å². The maximum atomic E-state index is 13.3. The molecule has 1 fully saturated rings. The number of amides is 1. The number of halogens is 1. The lowest BCUT2D eigenvalue weighted by Gasteiger charge is -2.35. The number of nitrogens with zero attached hydrogens (tertiary/aromatic N) is 1. The minimum atomic E-state index is -0.268. The van der Waals surface area contributed by atoms with Crippen molar-refractivity contribution in [2.24, 2.45) is 0 Å². The zero-order valence-corrected chi connectivity index (χ0v) is 15.7. The van der Waals surface area contributed by atoms with Crippen LogP contribution in [0.5, 0.6) is 5.75 Å². The van der Waals surface area contributed by atoms with Gasteiger partial charge in [-0.2, -0.15) is 0 Å². The van der Waals surface area contributed by atoms with Crippen molar-refractivity contribution in [3.05, 3.63) is 65.0 Å². The molecule has 1 saturated heterocycles. The maximum Gasteiger partial charge on any atom is 0.251 e. The third-order valence-corrected chi connectivity index (χ3v) is 4.87. The van der Waals surface area contributed by atoms with Gasteiger partial charge in [0.25, 0.3) is 5.91 Å². The number of rotatable bonds is 6. The fourth-order valence-electron chi connectivity index (χ4n) is 3.28. The van der Waals surface area contributed by atoms with Crippen molar-refractivity contribution in [1.29, 1.82) is 0 Å². The van der Waals surface area contributed by atoms with E-state index in [0.29, 0.717) is 31.1 Å². The second-order valence-electron chi connectivity index (χ2n) is 6.61. The standard InChI is InChI=1S/C21H25FN2O3/c1-15-3-4-17(13-20(15)26-2)21(25)23-14-19(24-9-11-27-12-10-24)16-5-7-18(22)8-6-16/h3-8,13,19H,9-12,14H2,1-2H3,(H,23,25)/t19-/m1/s1. The third kappa shape index (κ3) is 4.84. The Balaban J connectivity index is 1.73. The average Bonchev–Trinajstić information content (AvgIpc) is 2.70. The Morgan fingerprint density at radius 2 is 1.93 bits per heavy atom. The van der Waals surface area contributed by atoms with Gasteiger partial charge in [0.1, 0.15) is 11.6 Å². The minimum absolute atomic E-state index is 0.0363. The zero-order valence-electron chi connectivity index (χ0n) is 15.7. The molecular weight excluding hydrogens is 347 g/mol. The summed E-state index contributed by atoms with van der Waals surface area (Å²) in [6.07, 6.45) is 0. The molecule has 2 aromatic carbocycles. The van der Waals surface area contributed by atoms with Gasteiger partial charge in [0, 0.05) is 25.2 Å². The fraction of sp³-hybridized carbons (Fsp3) is 0.381. The molecule has 0 aliphatic carbocycles. The van der Waals surface area contributed by atoms with Gasteiger partial charge in [-0.1, -0.05) is 18.2 Å². The van der Waals surface area contributed by atoms with Crippen molar-refractivity contribution in [3.8, 4) is 5.75 Å². The molecule has 27 heavy (non-hydrogen) atoms. The van der Waals surface area contributed by atoms with Crippen LogP contribution in [0.15, 0.2) is 42.5 Å². The summed E-state index contributed by atoms with van der Waals surface area (Å²) < 4.78 is 24.0. The highest BCUT2D eigenvalue weighted by Gasteiger charge is 2.23. The monoisotopic (exact) mass is 372 g/mol. The number of benzene rings is 2. The van der Waals surface area contributed by atoms with Gasteiger partial charge < -0.3 is 14.8 Å². The van der Waals surface area contributed by atoms with Crippen molar-refractivity contribution in [3.63, 3.8) is 0 Å². The first-order valence-electron chi connectivity index (χ1n) is 9.08. The molecule has 0 bridgehead atoms. The first-order valence-corrected chi connectivity index (χ1v) is 9.08. The van der Waals surface area contributed by atoms with Gasteiger partial charge in [-0.3, -0.25) is 9.69 Å². The smallest absolute Gasteiger partial charge is 0.251 e. The SMILES string of the molecule is COc1cc(C(=O)NC[C@H](c2ccc(F)cc2)N2CCOCC2)ccc1C. The Bertz CT molecular complexity index is 773. The predicted octanol–water partition coefficient (Wildman–Crippen LogP) is 2.95. The van der Waals surface area contributed by atoms with Crippen molar-refractivity contribution >= 4 is 5.91 Å². The van der Waals surface area contributed by atoms with Gasteiger partial charge in [0.15, 0.2) is 0 Å². The van der Waals surface area contributed by atoms with E-state index in [1.165, 1.54) is 12.1 Å². The van der Waals surface area contributed by atoms with Gasteiger partial charge in [0.05, 0.1) is 26.4 Å². The molecule has 1 heterocycles. The van der Waals surface area contributed by atoms with Gasteiger partial charge >= 0.3 is 0 Å². The van der Waals surface area contributed by atoms with E-state index in [0.717, 1.165) is 24.2 Å². The molecule has 3 rings (SSSR count). The summed E-state index contributed by atoms with van der Waals surface area (Å²) in [7, 11) is 1.59. The molecule has 5 nitrogen and oxygen atoms in total. The maximum absolute atomic E-state index is 13.3. The second kappa shape index (κ2) is 8.97. The summed E-state index contributed by atoms with van der Waals surface area (Å²) in [6.45, 7) is 5.22. The van der Waals surface area contributed by atoms with E-state index >= 15 is 0 Å². The van der Waals surface area contributed by atoms with E-state index in [9.17, 15) is 9.18 Å². The van der Waals surface area contributed by atoms with Gasteiger partial charge in [-0.25, -0.2) is 4.39 Å². The van der Waals surface area contributed by atoms with Crippen molar-refractivity contribution in [2.75, 3.05) is 40.0 Å². The van der Waals surface area contributed by atoms with Gasteiger partial charge in [0.2, 0.25) is 0 Å². The lowest BCUT2D eigenvalue weighted by molar-refractivity contribution is 0.0162. The van der Waals surface area contributed by atoms with Crippen LogP contribution < -0.4 is 10.1 Å². The first-order chi connectivity index (χ1) is 13.1. The van der Waals surface area contributed by atoms with Crippen molar-refractivity contribution in [2.45, 2.75) is 13.0 Å². The van der Waals surface area contributed by atoms with E-state index in [4.69, 9.17) is 9.47 Å². The van der Waals surface area contributed by atoms with Crippen molar-refractivity contribution < 1.29 is 18.7 Å². The Kier molecular flexibility index (Phi) is 6.42. The summed E-state index contributed by atoms with van der Waals surface area (Å²) in [5.41, 5.74) is 2.50. The lowest BCUT2D eigenvalue weighted by atomic mass is 10.0. The molecule has 144 valence electrons. The summed E-state index contributed by atoms with van der Waals surface area (Å²) in [4.78, 5) is 14.9. The zero-order chi connectivity index (χ0) is 19.2. The largest absolute Gasteiger partial charge is 0.496 e. The van der Waals surface area contributed by atoms with Crippen LogP contribution in [0.3, 0.4) is 0 Å². The Hall–Kier alpha value is -2.44. The molecule has 6 heteroatoms. The predicted molar refractivity (Wildman–Crippen MR) is 102 cm³/mol. The highest BCUT2D eigenvalue weighted by Crippen LogP contribution is 2.23. The fourth-order valence-corrected chi connectivity index (χ4v) is 3.28. The summed E-state index contributed by atoms with van der Waals surface area (Å²) >= 11 is 0. The van der Waals surface area contributed by atoms with E-state index in [1.54, 1.807) is 31.4 Å². The van der Waals surface area contributed by atoms with Gasteiger partial charge in [-0.15, -0.1) is 0 Å². The summed E-state index contributed by atoms with van der Waals surface area (Å²) in [5, 5.41) is 3.01. The van der Waals surface area contributed by atoms with Gasteiger partial charge in [-0.05, 0) is 42.3 Å². The summed E-state index contributed by atoms with van der Waals surface area (Å²) in [5.74, 6) is 0.259. The van der Waals surface area contributed by atoms with Crippen LogP contribution in [-0.2, 0) is 4.74 Å². The minimum Gasteiger partial charge on any atom is -0.496 e. The normalized spacial score (nSPS) is 16.0. The Morgan fingerprint density at radius 1 is 1.22 bits per heavy atom. The van der Waals surface area contributed by atoms with Crippen LogP contribution in [0.4, 0.5) is 4.39 Å². The van der Waals surface area contributed by atoms with Crippen LogP contribution in [0, 0.1) is 12.7 Å². The number of hydrogen-bond donors (Lipinski definition) is 1. The van der Waals surface area contributed by atoms with Crippen LogP contribution >= 0.6 is 0 Å². The average molecular weight is 372 g/mol. The Labute approximate surface area is 159 Å². The number of aryl methyl sites for hydroxylation is 1. The molecule has 0 unspecified atom stereocenters. The molecule has 1 N–H and O–H groups in total. The van der Waals surface area contributed by atoms with Crippen molar-refractivity contribution in [1.82, 2.24) is 10.2 Å². The third-order valence-electron chi connectivity index (χ3n) is 4.87. The second-order valence-corrected chi connectivity index (χ2v) is 6.61. The number of ether oxygens (including phenoxy) is 2. The van der Waals surface area contributed by atoms with Crippen LogP contribution in [-0.4, -0.2) is 50.8 Å². The molecule has 1 aliphatic heterocycles. The van der Waals surface area contributed by atoms with E-state index in [2.05, 4.69) is 10.2 Å². The first kappa shape index (κ1) is 19.3. The molecule has 0 spiro atoms. The molecule has 0 aromatic heterocycles. The highest BCUT2D eigenvalue weighted by molar-refractivity contribution is 5.94. The van der Waals surface area contributed by atoms with E-state index < -0.39 is 0 Å². The summed E-state index contributed by atoms with van der Waals surface area (Å²) in [6, 6.07) is 11.8. The molecule has 0 radical (unpaired) electrons. The number of hydrogen-bond acceptors (Lipinski definition) is 4. The quantitative estimate of drug-likeness (QED) is 0.847. The van der Waals surface area contributed by atoms with Crippen LogP contribution in [0.2, 0.25) is 0 Å². The molecule has 0 saturated carbocycles. The molecule has 1 atom stereocenters. The number of methoxy groups -OCH3 is 1. The van der Waals surface area contributed by atoms with E-state index in [-0.39, 0.29) is 17.8 Å². The molecular formula is C21H25FN2O3. The number of carbonyl (C=O) groups is 1. The molecule has 1 aliphatic rings.